The van der Waals surface area contributed by atoms with Crippen LogP contribution in [0.1, 0.15) is 421 Å². The number of carbonyl (C=O) groups excluding carboxylic acids is 4. The maximum atomic E-state index is 13.1. The molecule has 0 saturated carbocycles. The molecule has 0 aromatic heterocycles. The molecule has 3 N–H and O–H groups in total. The lowest BCUT2D eigenvalue weighted by Crippen LogP contribution is -2.30. The first kappa shape index (κ1) is 99.1. The van der Waals surface area contributed by atoms with Crippen LogP contribution in [0.5, 0.6) is 0 Å². The molecular weight excluding hydrogens is 1320 g/mol. The average Bonchev–Trinajstić information content (AvgIpc) is 1.03. The Balaban J connectivity index is 5.15. The lowest BCUT2D eigenvalue weighted by Gasteiger charge is -2.21. The van der Waals surface area contributed by atoms with E-state index in [1.165, 1.54) is 218 Å². The van der Waals surface area contributed by atoms with E-state index in [2.05, 4.69) is 55.4 Å². The predicted octanol–water partition coefficient (Wildman–Crippen LogP) is 24.4. The Kier molecular flexibility index (Phi) is 69.6. The first-order valence-corrected chi connectivity index (χ1v) is 45.3. The molecule has 4 unspecified atom stereocenters. The molecule has 0 aromatic carbocycles. The van der Waals surface area contributed by atoms with Gasteiger partial charge in [-0.05, 0) is 49.4 Å². The molecule has 0 rings (SSSR count). The Bertz CT molecular complexity index is 1980. The Hall–Kier alpha value is -1.94. The van der Waals surface area contributed by atoms with Gasteiger partial charge >= 0.3 is 39.5 Å². The lowest BCUT2D eigenvalue weighted by molar-refractivity contribution is -0.161. The van der Waals surface area contributed by atoms with Gasteiger partial charge < -0.3 is 33.8 Å². The fourth-order valence-electron chi connectivity index (χ4n) is 12.5. The molecule has 0 amide bonds. The Morgan fingerprint density at radius 1 is 0.277 bits per heavy atom. The van der Waals surface area contributed by atoms with E-state index in [1.807, 2.05) is 0 Å². The van der Waals surface area contributed by atoms with E-state index in [1.54, 1.807) is 0 Å². The van der Waals surface area contributed by atoms with E-state index in [4.69, 9.17) is 37.0 Å². The number of esters is 4. The number of phosphoric acid groups is 2. The molecule has 19 heteroatoms. The van der Waals surface area contributed by atoms with Gasteiger partial charge in [-0.15, -0.1) is 0 Å². The van der Waals surface area contributed by atoms with Crippen LogP contribution in [0.2, 0.25) is 0 Å². The maximum absolute atomic E-state index is 13.1. The molecule has 0 aliphatic heterocycles. The smallest absolute Gasteiger partial charge is 0.462 e. The first-order valence-electron chi connectivity index (χ1n) is 42.3. The molecule has 0 radical (unpaired) electrons. The van der Waals surface area contributed by atoms with Gasteiger partial charge in [0.2, 0.25) is 0 Å². The third-order valence-corrected chi connectivity index (χ3v) is 21.7. The SMILES string of the molecule is CCC(C)CCCCCCCCCCCCCCCCCCCCC(=O)O[C@H](COC(=O)CCCCCCCCC(C)C)COP(=O)(O)OC[C@H](O)COP(=O)(O)OC[C@@H](COC(=O)CCCCCCCCCCCCCCCCCC(C)C)OC(=O)CCCCCCCCCCC(C)CC. The molecule has 17 nitrogen and oxygen atoms in total. The monoisotopic (exact) mass is 1480 g/mol. The Morgan fingerprint density at radius 3 is 0.703 bits per heavy atom. The van der Waals surface area contributed by atoms with Crippen molar-refractivity contribution in [1.29, 1.82) is 0 Å². The van der Waals surface area contributed by atoms with Gasteiger partial charge in [-0.3, -0.25) is 37.3 Å². The average molecular weight is 1480 g/mol. The quantitative estimate of drug-likeness (QED) is 0.0222. The molecular formula is C82H160O17P2. The van der Waals surface area contributed by atoms with Crippen molar-refractivity contribution in [2.24, 2.45) is 23.7 Å². The standard InChI is InChI=1S/C82H160O17P2/c1-9-74(7)60-52-44-35-29-25-21-17-13-11-12-14-18-23-27-31-38-48-56-64-81(86)98-78(69-93-80(85)63-55-47-41-40-43-51-59-73(5)6)71-97-101(90,91)95-67-76(83)66-94-100(88,89)96-70-77(99-82(87)65-57-49-39-33-32-36-45-53-61-75(8)10-2)68-92-79(84)62-54-46-37-30-26-22-19-15-16-20-24-28-34-42-50-58-72(3)4/h72-78,83H,9-71H2,1-8H3,(H,88,89)(H,90,91)/t74?,75?,76-,77-,78-/m1/s1. The summed E-state index contributed by atoms with van der Waals surface area (Å²) in [6.07, 6.45) is 58.5. The van der Waals surface area contributed by atoms with Crippen molar-refractivity contribution in [2.75, 3.05) is 39.6 Å². The predicted molar refractivity (Wildman–Crippen MR) is 414 cm³/mol. The van der Waals surface area contributed by atoms with Crippen LogP contribution in [0.4, 0.5) is 0 Å². The van der Waals surface area contributed by atoms with Crippen molar-refractivity contribution in [3.05, 3.63) is 0 Å². The number of hydrogen-bond acceptors (Lipinski definition) is 15. The summed E-state index contributed by atoms with van der Waals surface area (Å²) in [5.74, 6) is 1.01. The molecule has 0 fully saturated rings. The van der Waals surface area contributed by atoms with Crippen LogP contribution in [0.3, 0.4) is 0 Å². The number of carbonyl (C=O) groups is 4. The third-order valence-electron chi connectivity index (χ3n) is 19.8. The zero-order chi connectivity index (χ0) is 74.6. The van der Waals surface area contributed by atoms with Gasteiger partial charge in [0, 0.05) is 25.7 Å². The molecule has 600 valence electrons. The summed E-state index contributed by atoms with van der Waals surface area (Å²) >= 11 is 0. The number of phosphoric ester groups is 2. The van der Waals surface area contributed by atoms with E-state index < -0.39 is 97.5 Å². The Morgan fingerprint density at radius 2 is 0.475 bits per heavy atom. The first-order chi connectivity index (χ1) is 48.7. The highest BCUT2D eigenvalue weighted by atomic mass is 31.2. The zero-order valence-electron chi connectivity index (χ0n) is 66.5. The van der Waals surface area contributed by atoms with Gasteiger partial charge in [-0.25, -0.2) is 9.13 Å². The molecule has 101 heavy (non-hydrogen) atoms. The summed E-state index contributed by atoms with van der Waals surface area (Å²) in [7, 11) is -9.92. The van der Waals surface area contributed by atoms with E-state index in [9.17, 15) is 43.2 Å². The summed E-state index contributed by atoms with van der Waals surface area (Å²) in [6.45, 7) is 14.3. The van der Waals surface area contributed by atoms with Crippen molar-refractivity contribution < 1.29 is 80.2 Å². The van der Waals surface area contributed by atoms with Gasteiger partial charge in [-0.1, -0.05) is 370 Å². The lowest BCUT2D eigenvalue weighted by atomic mass is 9.99. The van der Waals surface area contributed by atoms with Gasteiger partial charge in [0.1, 0.15) is 19.3 Å². The minimum Gasteiger partial charge on any atom is -0.462 e. The second-order valence-electron chi connectivity index (χ2n) is 31.0. The van der Waals surface area contributed by atoms with E-state index >= 15 is 0 Å². The van der Waals surface area contributed by atoms with Crippen LogP contribution in [0.15, 0.2) is 0 Å². The van der Waals surface area contributed by atoms with Crippen molar-refractivity contribution in [2.45, 2.75) is 440 Å². The number of rotatable bonds is 79. The van der Waals surface area contributed by atoms with Crippen LogP contribution >= 0.6 is 15.6 Å². The summed E-state index contributed by atoms with van der Waals surface area (Å²) in [5.41, 5.74) is 0. The number of aliphatic hydroxyl groups is 1. The van der Waals surface area contributed by atoms with Crippen molar-refractivity contribution in [3.8, 4) is 0 Å². The van der Waals surface area contributed by atoms with Crippen molar-refractivity contribution in [3.63, 3.8) is 0 Å². The number of hydrogen-bond donors (Lipinski definition) is 3. The number of ether oxygens (including phenoxy) is 4. The fraction of sp³-hybridized carbons (Fsp3) is 0.951. The van der Waals surface area contributed by atoms with Crippen LogP contribution in [0, 0.1) is 23.7 Å². The molecule has 0 heterocycles. The maximum Gasteiger partial charge on any atom is 0.472 e. The minimum absolute atomic E-state index is 0.105. The van der Waals surface area contributed by atoms with Crippen molar-refractivity contribution >= 4 is 39.5 Å². The second-order valence-corrected chi connectivity index (χ2v) is 33.9. The highest BCUT2D eigenvalue weighted by molar-refractivity contribution is 7.47. The highest BCUT2D eigenvalue weighted by Gasteiger charge is 2.30. The molecule has 0 aliphatic carbocycles. The van der Waals surface area contributed by atoms with Crippen LogP contribution in [-0.2, 0) is 65.4 Å². The van der Waals surface area contributed by atoms with Gasteiger partial charge in [0.25, 0.3) is 0 Å². The van der Waals surface area contributed by atoms with Gasteiger partial charge in [-0.2, -0.15) is 0 Å². The molecule has 0 aromatic rings. The molecule has 7 atom stereocenters. The molecule has 0 spiro atoms. The second kappa shape index (κ2) is 71.0. The van der Waals surface area contributed by atoms with Crippen LogP contribution in [-0.4, -0.2) is 96.7 Å². The third kappa shape index (κ3) is 73.4. The normalized spacial score (nSPS) is 14.5. The van der Waals surface area contributed by atoms with Crippen LogP contribution < -0.4 is 0 Å². The summed E-state index contributed by atoms with van der Waals surface area (Å²) in [5, 5.41) is 10.6. The largest absolute Gasteiger partial charge is 0.472 e. The van der Waals surface area contributed by atoms with E-state index in [0.29, 0.717) is 31.6 Å². The molecule has 0 aliphatic rings. The molecule has 0 saturated heterocycles. The summed E-state index contributed by atoms with van der Waals surface area (Å²) < 4.78 is 68.7. The van der Waals surface area contributed by atoms with Crippen LogP contribution in [0.25, 0.3) is 0 Å². The van der Waals surface area contributed by atoms with E-state index in [0.717, 1.165) is 114 Å². The van der Waals surface area contributed by atoms with Crippen molar-refractivity contribution in [1.82, 2.24) is 0 Å². The van der Waals surface area contributed by atoms with Gasteiger partial charge in [0.15, 0.2) is 12.2 Å². The number of unbranched alkanes of at least 4 members (excludes halogenated alkanes) is 43. The number of aliphatic hydroxyl groups excluding tert-OH is 1. The molecule has 0 bridgehead atoms. The topological polar surface area (TPSA) is 237 Å². The van der Waals surface area contributed by atoms with E-state index in [-0.39, 0.29) is 25.7 Å². The highest BCUT2D eigenvalue weighted by Crippen LogP contribution is 2.45. The fourth-order valence-corrected chi connectivity index (χ4v) is 14.1. The zero-order valence-corrected chi connectivity index (χ0v) is 68.3. The van der Waals surface area contributed by atoms with Gasteiger partial charge in [0.05, 0.1) is 26.4 Å². The Labute approximate surface area is 619 Å². The summed E-state index contributed by atoms with van der Waals surface area (Å²) in [6, 6.07) is 0. The summed E-state index contributed by atoms with van der Waals surface area (Å²) in [4.78, 5) is 73.0. The minimum atomic E-state index is -4.96.